The number of aliphatic imine (C=N–C) groups is 1. The molecule has 0 amide bonds. The van der Waals surface area contributed by atoms with Crippen LogP contribution in [-0.4, -0.2) is 17.9 Å². The van der Waals surface area contributed by atoms with Gasteiger partial charge < -0.3 is 4.74 Å². The zero-order chi connectivity index (χ0) is 12.0. The van der Waals surface area contributed by atoms with Crippen LogP contribution in [-0.2, 0) is 10.6 Å². The second kappa shape index (κ2) is 4.27. The molecular weight excluding hydrogens is 257 g/mol. The molecule has 90 valence electrons. The van der Waals surface area contributed by atoms with Gasteiger partial charge in [-0.25, -0.2) is 4.99 Å². The van der Waals surface area contributed by atoms with Gasteiger partial charge in [-0.1, -0.05) is 23.7 Å². The van der Waals surface area contributed by atoms with E-state index in [-0.39, 0.29) is 12.0 Å². The predicted octanol–water partition coefficient (Wildman–Crippen LogP) is 3.83. The van der Waals surface area contributed by atoms with E-state index in [2.05, 4.69) is 24.0 Å². The molecule has 0 spiro atoms. The van der Waals surface area contributed by atoms with Crippen molar-refractivity contribution in [3.63, 3.8) is 0 Å². The Bertz CT molecular complexity index is 486. The molecule has 3 atom stereocenters. The highest BCUT2D eigenvalue weighted by atomic mass is 35.5. The summed E-state index contributed by atoms with van der Waals surface area (Å²) >= 11 is 12.1. The number of hydrogen-bond donors (Lipinski definition) is 0. The fourth-order valence-electron chi connectivity index (χ4n) is 2.71. The van der Waals surface area contributed by atoms with Crippen LogP contribution in [0.3, 0.4) is 0 Å². The second-order valence-corrected chi connectivity index (χ2v) is 5.29. The van der Waals surface area contributed by atoms with E-state index in [0.717, 1.165) is 17.9 Å². The van der Waals surface area contributed by atoms with Gasteiger partial charge in [0, 0.05) is 17.7 Å². The van der Waals surface area contributed by atoms with Crippen molar-refractivity contribution in [1.29, 1.82) is 0 Å². The summed E-state index contributed by atoms with van der Waals surface area (Å²) in [5.41, 5.74) is 3.26. The van der Waals surface area contributed by atoms with E-state index >= 15 is 0 Å². The molecule has 17 heavy (non-hydrogen) atoms. The van der Waals surface area contributed by atoms with E-state index in [1.807, 2.05) is 6.07 Å². The molecule has 3 unspecified atom stereocenters. The molecule has 0 aliphatic carbocycles. The van der Waals surface area contributed by atoms with Crippen LogP contribution < -0.4 is 0 Å². The molecule has 2 heterocycles. The van der Waals surface area contributed by atoms with Crippen molar-refractivity contribution < 1.29 is 4.74 Å². The molecule has 1 aromatic rings. The largest absolute Gasteiger partial charge is 0.377 e. The molecule has 0 radical (unpaired) electrons. The smallest absolute Gasteiger partial charge is 0.113 e. The van der Waals surface area contributed by atoms with Crippen molar-refractivity contribution >= 4 is 34.1 Å². The van der Waals surface area contributed by atoms with Crippen molar-refractivity contribution in [2.45, 2.75) is 24.8 Å². The van der Waals surface area contributed by atoms with E-state index in [0.29, 0.717) is 17.0 Å². The number of hydrogen-bond acceptors (Lipinski definition) is 2. The molecule has 0 aromatic heterocycles. The van der Waals surface area contributed by atoms with Crippen LogP contribution >= 0.6 is 23.2 Å². The number of fused-ring (bicyclic) bond motifs is 3. The van der Waals surface area contributed by atoms with Gasteiger partial charge >= 0.3 is 0 Å². The molecular formula is C13H13Cl2NO. The summed E-state index contributed by atoms with van der Waals surface area (Å²) in [5, 5.41) is 0.666. The SMILES string of the molecule is CC1OCC2c3ccc(CCl)cc3N=C(Cl)C12. The predicted molar refractivity (Wildman–Crippen MR) is 70.6 cm³/mol. The number of alkyl halides is 1. The Morgan fingerprint density at radius 2 is 2.29 bits per heavy atom. The summed E-state index contributed by atoms with van der Waals surface area (Å²) in [5.74, 6) is 1.06. The molecule has 1 fully saturated rings. The van der Waals surface area contributed by atoms with Gasteiger partial charge in [-0.3, -0.25) is 0 Å². The maximum atomic E-state index is 6.27. The zero-order valence-electron chi connectivity index (χ0n) is 9.49. The van der Waals surface area contributed by atoms with Gasteiger partial charge in [-0.05, 0) is 24.1 Å². The zero-order valence-corrected chi connectivity index (χ0v) is 11.0. The highest BCUT2D eigenvalue weighted by molar-refractivity contribution is 6.66. The molecule has 2 aliphatic heterocycles. The fourth-order valence-corrected chi connectivity index (χ4v) is 3.29. The lowest BCUT2D eigenvalue weighted by atomic mass is 9.83. The first-order valence-electron chi connectivity index (χ1n) is 5.75. The summed E-state index contributed by atoms with van der Waals surface area (Å²) in [7, 11) is 0. The lowest BCUT2D eigenvalue weighted by molar-refractivity contribution is 0.116. The summed E-state index contributed by atoms with van der Waals surface area (Å²) < 4.78 is 5.69. The van der Waals surface area contributed by atoms with Crippen molar-refractivity contribution in [2.24, 2.45) is 10.9 Å². The Balaban J connectivity index is 2.10. The fraction of sp³-hybridized carbons (Fsp3) is 0.462. The minimum absolute atomic E-state index is 0.150. The van der Waals surface area contributed by atoms with E-state index in [1.165, 1.54) is 5.56 Å². The molecule has 1 saturated heterocycles. The van der Waals surface area contributed by atoms with E-state index < -0.39 is 0 Å². The summed E-state index contributed by atoms with van der Waals surface area (Å²) in [4.78, 5) is 4.49. The van der Waals surface area contributed by atoms with Crippen LogP contribution in [0.5, 0.6) is 0 Å². The van der Waals surface area contributed by atoms with Gasteiger partial charge in [0.2, 0.25) is 0 Å². The maximum Gasteiger partial charge on any atom is 0.113 e. The molecule has 4 heteroatoms. The average Bonchev–Trinajstić information content (AvgIpc) is 2.71. The number of nitrogens with zero attached hydrogens (tertiary/aromatic N) is 1. The average molecular weight is 270 g/mol. The Labute approximate surface area is 111 Å². The summed E-state index contributed by atoms with van der Waals surface area (Å²) in [6, 6.07) is 6.18. The summed E-state index contributed by atoms with van der Waals surface area (Å²) in [6.07, 6.45) is 0.150. The quantitative estimate of drug-likeness (QED) is 0.711. The van der Waals surface area contributed by atoms with Crippen LogP contribution in [0.15, 0.2) is 23.2 Å². The van der Waals surface area contributed by atoms with Crippen molar-refractivity contribution in [3.8, 4) is 0 Å². The highest BCUT2D eigenvalue weighted by Gasteiger charge is 2.41. The normalized spacial score (nSPS) is 30.8. The first-order valence-corrected chi connectivity index (χ1v) is 6.66. The third kappa shape index (κ3) is 1.79. The lowest BCUT2D eigenvalue weighted by Crippen LogP contribution is -2.25. The number of ether oxygens (including phenoxy) is 1. The Morgan fingerprint density at radius 3 is 3.06 bits per heavy atom. The molecule has 2 aliphatic rings. The minimum Gasteiger partial charge on any atom is -0.377 e. The monoisotopic (exact) mass is 269 g/mol. The topological polar surface area (TPSA) is 21.6 Å². The van der Waals surface area contributed by atoms with Gasteiger partial charge in [0.15, 0.2) is 0 Å². The van der Waals surface area contributed by atoms with Gasteiger partial charge in [0.1, 0.15) is 5.17 Å². The molecule has 0 bridgehead atoms. The molecule has 0 saturated carbocycles. The first kappa shape index (κ1) is 11.5. The Morgan fingerprint density at radius 1 is 1.47 bits per heavy atom. The van der Waals surface area contributed by atoms with Gasteiger partial charge in [-0.2, -0.15) is 0 Å². The van der Waals surface area contributed by atoms with Crippen LogP contribution in [0.2, 0.25) is 0 Å². The number of halogens is 2. The van der Waals surface area contributed by atoms with Crippen molar-refractivity contribution in [2.75, 3.05) is 6.61 Å². The van der Waals surface area contributed by atoms with Gasteiger partial charge in [0.05, 0.1) is 18.4 Å². The van der Waals surface area contributed by atoms with Gasteiger partial charge in [0.25, 0.3) is 0 Å². The molecule has 1 aromatic carbocycles. The summed E-state index contributed by atoms with van der Waals surface area (Å²) in [6.45, 7) is 2.78. The van der Waals surface area contributed by atoms with E-state index in [1.54, 1.807) is 0 Å². The minimum atomic E-state index is 0.150. The van der Waals surface area contributed by atoms with Crippen LogP contribution in [0.25, 0.3) is 0 Å². The lowest BCUT2D eigenvalue weighted by Gasteiger charge is -2.25. The standard InChI is InChI=1S/C13H13Cl2NO/c1-7-12-10(6-17-7)9-3-2-8(5-14)4-11(9)16-13(12)15/h2-4,7,10,12H,5-6H2,1H3. The third-order valence-electron chi connectivity index (χ3n) is 3.63. The van der Waals surface area contributed by atoms with Gasteiger partial charge in [-0.15, -0.1) is 11.6 Å². The molecule has 2 nitrogen and oxygen atoms in total. The molecule has 0 N–H and O–H groups in total. The number of rotatable bonds is 1. The Hall–Kier alpha value is -0.570. The third-order valence-corrected chi connectivity index (χ3v) is 4.27. The van der Waals surface area contributed by atoms with E-state index in [4.69, 9.17) is 27.9 Å². The van der Waals surface area contributed by atoms with Crippen LogP contribution in [0, 0.1) is 5.92 Å². The molecule has 3 rings (SSSR count). The second-order valence-electron chi connectivity index (χ2n) is 4.63. The maximum absolute atomic E-state index is 6.27. The van der Waals surface area contributed by atoms with Crippen molar-refractivity contribution in [1.82, 2.24) is 0 Å². The van der Waals surface area contributed by atoms with E-state index in [9.17, 15) is 0 Å². The number of benzene rings is 1. The Kier molecular flexibility index (Phi) is 2.89. The van der Waals surface area contributed by atoms with Crippen LogP contribution in [0.4, 0.5) is 5.69 Å². The van der Waals surface area contributed by atoms with Crippen molar-refractivity contribution in [3.05, 3.63) is 29.3 Å². The van der Waals surface area contributed by atoms with Crippen LogP contribution in [0.1, 0.15) is 24.0 Å². The first-order chi connectivity index (χ1) is 8.20. The highest BCUT2D eigenvalue weighted by Crippen LogP contribution is 2.45.